The van der Waals surface area contributed by atoms with Gasteiger partial charge in [0.15, 0.2) is 9.84 Å². The summed E-state index contributed by atoms with van der Waals surface area (Å²) in [7, 11) is -3.25. The Morgan fingerprint density at radius 3 is 2.35 bits per heavy atom. The van der Waals surface area contributed by atoms with Crippen LogP contribution >= 0.6 is 0 Å². The predicted molar refractivity (Wildman–Crippen MR) is 61.5 cm³/mol. The molecule has 0 amide bonds. The number of carbonyl (C=O) groups is 1. The van der Waals surface area contributed by atoms with E-state index in [1.165, 1.54) is 24.3 Å². The second kappa shape index (κ2) is 5.79. The summed E-state index contributed by atoms with van der Waals surface area (Å²) in [5.41, 5.74) is 0.258. The Kier molecular flexibility index (Phi) is 4.65. The van der Waals surface area contributed by atoms with Crippen molar-refractivity contribution < 1.29 is 23.1 Å². The van der Waals surface area contributed by atoms with Crippen molar-refractivity contribution in [2.45, 2.75) is 11.8 Å². The molecule has 0 spiro atoms. The molecule has 0 aromatic heterocycles. The van der Waals surface area contributed by atoms with Gasteiger partial charge in [0.2, 0.25) is 0 Å². The standard InChI is InChI=1S/C11H14O5S/c1-2-17(14,15)10-5-3-9(4-6-10)11(13)16-8-7-12/h3-6,12H,2,7-8H2,1H3. The Hall–Kier alpha value is -1.40. The molecule has 1 rings (SSSR count). The number of ether oxygens (including phenoxy) is 1. The van der Waals surface area contributed by atoms with Crippen LogP contribution in [0.3, 0.4) is 0 Å². The van der Waals surface area contributed by atoms with E-state index in [1.54, 1.807) is 6.92 Å². The van der Waals surface area contributed by atoms with E-state index in [4.69, 9.17) is 9.84 Å². The molecular formula is C11H14O5S. The third-order valence-corrected chi connectivity index (χ3v) is 3.90. The number of aliphatic hydroxyl groups excluding tert-OH is 1. The number of rotatable bonds is 5. The first-order chi connectivity index (χ1) is 8.01. The van der Waals surface area contributed by atoms with Crippen LogP contribution in [0, 0.1) is 0 Å². The molecule has 6 heteroatoms. The van der Waals surface area contributed by atoms with Crippen LogP contribution in [0.2, 0.25) is 0 Å². The number of sulfone groups is 1. The molecule has 1 aromatic carbocycles. The van der Waals surface area contributed by atoms with Gasteiger partial charge in [-0.3, -0.25) is 0 Å². The van der Waals surface area contributed by atoms with Crippen molar-refractivity contribution in [1.82, 2.24) is 0 Å². The van der Waals surface area contributed by atoms with Crippen molar-refractivity contribution in [3.8, 4) is 0 Å². The van der Waals surface area contributed by atoms with Crippen LogP contribution in [0.5, 0.6) is 0 Å². The fraction of sp³-hybridized carbons (Fsp3) is 0.364. The highest BCUT2D eigenvalue weighted by Crippen LogP contribution is 2.12. The lowest BCUT2D eigenvalue weighted by atomic mass is 10.2. The molecule has 1 aromatic rings. The number of carbonyl (C=O) groups excluding carboxylic acids is 1. The quantitative estimate of drug-likeness (QED) is 0.783. The highest BCUT2D eigenvalue weighted by Gasteiger charge is 2.13. The van der Waals surface area contributed by atoms with E-state index < -0.39 is 15.8 Å². The normalized spacial score (nSPS) is 11.2. The maximum absolute atomic E-state index is 11.5. The average Bonchev–Trinajstić information content (AvgIpc) is 2.36. The molecular weight excluding hydrogens is 244 g/mol. The minimum atomic E-state index is -3.25. The Morgan fingerprint density at radius 2 is 1.88 bits per heavy atom. The largest absolute Gasteiger partial charge is 0.460 e. The molecule has 0 heterocycles. The molecule has 0 atom stereocenters. The summed E-state index contributed by atoms with van der Waals surface area (Å²) in [6, 6.07) is 5.52. The second-order valence-electron chi connectivity index (χ2n) is 3.29. The molecule has 5 nitrogen and oxygen atoms in total. The topological polar surface area (TPSA) is 80.7 Å². The first-order valence-corrected chi connectivity index (χ1v) is 6.77. The molecule has 0 radical (unpaired) electrons. The van der Waals surface area contributed by atoms with Crippen LogP contribution in [-0.4, -0.2) is 38.5 Å². The fourth-order valence-corrected chi connectivity index (χ4v) is 2.07. The molecule has 0 bridgehead atoms. The van der Waals surface area contributed by atoms with Gasteiger partial charge in [-0.05, 0) is 24.3 Å². The monoisotopic (exact) mass is 258 g/mol. The minimum absolute atomic E-state index is 0.0152. The summed E-state index contributed by atoms with van der Waals surface area (Å²) in [5.74, 6) is -0.569. The van der Waals surface area contributed by atoms with E-state index in [-0.39, 0.29) is 29.4 Å². The molecule has 0 aliphatic heterocycles. The van der Waals surface area contributed by atoms with Gasteiger partial charge in [-0.2, -0.15) is 0 Å². The molecule has 0 fully saturated rings. The Balaban J connectivity index is 2.85. The second-order valence-corrected chi connectivity index (χ2v) is 5.57. The highest BCUT2D eigenvalue weighted by molar-refractivity contribution is 7.91. The predicted octanol–water partition coefficient (Wildman–Crippen LogP) is 0.629. The van der Waals surface area contributed by atoms with Gasteiger partial charge < -0.3 is 9.84 Å². The SMILES string of the molecule is CCS(=O)(=O)c1ccc(C(=O)OCCO)cc1. The van der Waals surface area contributed by atoms with Crippen LogP contribution in [0.25, 0.3) is 0 Å². The van der Waals surface area contributed by atoms with Crippen molar-refractivity contribution in [3.05, 3.63) is 29.8 Å². The third-order valence-electron chi connectivity index (χ3n) is 2.15. The summed E-state index contributed by atoms with van der Waals surface area (Å²) < 4.78 is 27.7. The molecule has 0 unspecified atom stereocenters. The third kappa shape index (κ3) is 3.54. The maximum atomic E-state index is 11.5. The van der Waals surface area contributed by atoms with Gasteiger partial charge >= 0.3 is 5.97 Å². The molecule has 17 heavy (non-hydrogen) atoms. The van der Waals surface area contributed by atoms with E-state index >= 15 is 0 Å². The van der Waals surface area contributed by atoms with E-state index in [1.807, 2.05) is 0 Å². The number of esters is 1. The molecule has 0 aliphatic carbocycles. The molecule has 94 valence electrons. The lowest BCUT2D eigenvalue weighted by molar-refractivity contribution is 0.0433. The number of benzene rings is 1. The Morgan fingerprint density at radius 1 is 1.29 bits per heavy atom. The van der Waals surface area contributed by atoms with Crippen molar-refractivity contribution in [1.29, 1.82) is 0 Å². The van der Waals surface area contributed by atoms with E-state index in [2.05, 4.69) is 0 Å². The summed E-state index contributed by atoms with van der Waals surface area (Å²) in [5, 5.41) is 8.49. The summed E-state index contributed by atoms with van der Waals surface area (Å²) in [4.78, 5) is 11.5. The first kappa shape index (κ1) is 13.7. The average molecular weight is 258 g/mol. The van der Waals surface area contributed by atoms with E-state index in [0.717, 1.165) is 0 Å². The van der Waals surface area contributed by atoms with E-state index in [9.17, 15) is 13.2 Å². The number of hydrogen-bond acceptors (Lipinski definition) is 5. The van der Waals surface area contributed by atoms with Gasteiger partial charge in [0.05, 0.1) is 22.8 Å². The van der Waals surface area contributed by atoms with Crippen molar-refractivity contribution >= 4 is 15.8 Å². The smallest absolute Gasteiger partial charge is 0.338 e. The summed E-state index contributed by atoms with van der Waals surface area (Å²) in [6.07, 6.45) is 0. The van der Waals surface area contributed by atoms with Crippen molar-refractivity contribution in [2.24, 2.45) is 0 Å². The highest BCUT2D eigenvalue weighted by atomic mass is 32.2. The zero-order valence-electron chi connectivity index (χ0n) is 9.42. The summed E-state index contributed by atoms with van der Waals surface area (Å²) >= 11 is 0. The lowest BCUT2D eigenvalue weighted by Gasteiger charge is -2.04. The number of aliphatic hydroxyl groups is 1. The van der Waals surface area contributed by atoms with Gasteiger partial charge in [0.1, 0.15) is 6.61 Å². The van der Waals surface area contributed by atoms with Crippen LogP contribution in [0.1, 0.15) is 17.3 Å². The van der Waals surface area contributed by atoms with Gasteiger partial charge in [0.25, 0.3) is 0 Å². The zero-order valence-corrected chi connectivity index (χ0v) is 10.2. The van der Waals surface area contributed by atoms with Gasteiger partial charge in [-0.15, -0.1) is 0 Å². The van der Waals surface area contributed by atoms with Crippen LogP contribution in [0.4, 0.5) is 0 Å². The first-order valence-electron chi connectivity index (χ1n) is 5.12. The van der Waals surface area contributed by atoms with Gasteiger partial charge in [-0.25, -0.2) is 13.2 Å². The lowest BCUT2D eigenvalue weighted by Crippen LogP contribution is -2.09. The zero-order chi connectivity index (χ0) is 12.9. The van der Waals surface area contributed by atoms with E-state index in [0.29, 0.717) is 0 Å². The molecule has 1 N–H and O–H groups in total. The van der Waals surface area contributed by atoms with Crippen molar-refractivity contribution in [3.63, 3.8) is 0 Å². The Bertz CT molecular complexity index is 475. The molecule has 0 aliphatic rings. The van der Waals surface area contributed by atoms with Crippen LogP contribution in [0.15, 0.2) is 29.2 Å². The van der Waals surface area contributed by atoms with Gasteiger partial charge in [-0.1, -0.05) is 6.92 Å². The Labute approximate surface area is 100.0 Å². The molecule has 0 saturated heterocycles. The van der Waals surface area contributed by atoms with Crippen LogP contribution in [-0.2, 0) is 14.6 Å². The maximum Gasteiger partial charge on any atom is 0.338 e. The fourth-order valence-electron chi connectivity index (χ4n) is 1.19. The van der Waals surface area contributed by atoms with Crippen molar-refractivity contribution in [2.75, 3.05) is 19.0 Å². The molecule has 0 saturated carbocycles. The van der Waals surface area contributed by atoms with Crippen LogP contribution < -0.4 is 0 Å². The number of hydrogen-bond donors (Lipinski definition) is 1. The van der Waals surface area contributed by atoms with Gasteiger partial charge in [0, 0.05) is 0 Å². The minimum Gasteiger partial charge on any atom is -0.460 e. The summed E-state index contributed by atoms with van der Waals surface area (Å²) in [6.45, 7) is 1.24.